The molecule has 4 bridgehead atoms. The van der Waals surface area contributed by atoms with Crippen LogP contribution in [0, 0.1) is 29.6 Å². The number of hydrogen-bond donors (Lipinski definition) is 2. The highest BCUT2D eigenvalue weighted by atomic mass is 35.5. The number of anilines is 3. The van der Waals surface area contributed by atoms with E-state index in [1.54, 1.807) is 6.20 Å². The minimum Gasteiger partial charge on any atom is -0.355 e. The lowest BCUT2D eigenvalue weighted by Crippen LogP contribution is -2.65. The van der Waals surface area contributed by atoms with Gasteiger partial charge in [0.05, 0.1) is 12.1 Å². The molecule has 5 aliphatic carbocycles. The molecular formula is C33H36ClN3O4. The Morgan fingerprint density at radius 1 is 0.902 bits per heavy atom. The summed E-state index contributed by atoms with van der Waals surface area (Å²) in [5.41, 5.74) is 3.14. The molecule has 2 heterocycles. The summed E-state index contributed by atoms with van der Waals surface area (Å²) in [6.45, 7) is 0.634. The molecule has 9 rings (SSSR count). The minimum atomic E-state index is -0.716. The first kappa shape index (κ1) is 26.0. The van der Waals surface area contributed by atoms with Crippen LogP contribution in [0.5, 0.6) is 0 Å². The van der Waals surface area contributed by atoms with Crippen molar-refractivity contribution in [3.05, 3.63) is 59.8 Å². The summed E-state index contributed by atoms with van der Waals surface area (Å²) in [6.07, 6.45) is 11.0. The van der Waals surface area contributed by atoms with Crippen molar-refractivity contribution in [2.24, 2.45) is 29.6 Å². The lowest BCUT2D eigenvalue weighted by Gasteiger charge is -2.62. The van der Waals surface area contributed by atoms with Gasteiger partial charge in [0.15, 0.2) is 0 Å². The largest absolute Gasteiger partial charge is 0.355 e. The van der Waals surface area contributed by atoms with Crippen LogP contribution < -0.4 is 10.6 Å². The van der Waals surface area contributed by atoms with E-state index in [9.17, 15) is 4.79 Å². The summed E-state index contributed by atoms with van der Waals surface area (Å²) < 4.78 is 6.55. The molecule has 1 aromatic heterocycles. The molecule has 1 aliphatic heterocycles. The first-order valence-corrected chi connectivity index (χ1v) is 15.6. The van der Waals surface area contributed by atoms with Crippen LogP contribution in [-0.2, 0) is 19.3 Å². The summed E-state index contributed by atoms with van der Waals surface area (Å²) in [5.74, 6) is 2.10. The van der Waals surface area contributed by atoms with E-state index in [2.05, 4.69) is 15.6 Å². The number of ether oxygens (including phenoxy) is 1. The van der Waals surface area contributed by atoms with Crippen LogP contribution in [0.3, 0.4) is 0 Å². The van der Waals surface area contributed by atoms with Gasteiger partial charge in [0.1, 0.15) is 5.60 Å². The summed E-state index contributed by atoms with van der Waals surface area (Å²) in [6, 6.07) is 15.3. The topological polar surface area (TPSA) is 81.7 Å². The molecule has 6 fully saturated rings. The van der Waals surface area contributed by atoms with Crippen molar-refractivity contribution in [1.29, 1.82) is 0 Å². The third kappa shape index (κ3) is 4.62. The zero-order valence-electron chi connectivity index (χ0n) is 23.1. The molecule has 6 aliphatic rings. The van der Waals surface area contributed by atoms with Crippen molar-refractivity contribution in [3.63, 3.8) is 0 Å². The van der Waals surface area contributed by atoms with E-state index < -0.39 is 5.79 Å². The Morgan fingerprint density at radius 2 is 1.68 bits per heavy atom. The van der Waals surface area contributed by atoms with Crippen LogP contribution in [0.1, 0.15) is 57.8 Å². The van der Waals surface area contributed by atoms with Crippen molar-refractivity contribution < 1.29 is 19.3 Å². The van der Waals surface area contributed by atoms with Crippen molar-refractivity contribution in [1.82, 2.24) is 4.98 Å². The average molecular weight is 574 g/mol. The Balaban J connectivity index is 0.909. The van der Waals surface area contributed by atoms with E-state index in [0.29, 0.717) is 49.1 Å². The van der Waals surface area contributed by atoms with Gasteiger partial charge in [0, 0.05) is 52.4 Å². The van der Waals surface area contributed by atoms with Crippen molar-refractivity contribution in [3.8, 4) is 0 Å². The maximum atomic E-state index is 13.3. The van der Waals surface area contributed by atoms with Gasteiger partial charge in [-0.2, -0.15) is 0 Å². The van der Waals surface area contributed by atoms with Crippen molar-refractivity contribution >= 4 is 45.5 Å². The fourth-order valence-electron chi connectivity index (χ4n) is 8.65. The highest BCUT2D eigenvalue weighted by Gasteiger charge is 2.62. The zero-order chi connectivity index (χ0) is 27.6. The fraction of sp³-hybridized carbons (Fsp3) is 0.515. The van der Waals surface area contributed by atoms with Gasteiger partial charge in [-0.15, -0.1) is 0 Å². The predicted octanol–water partition coefficient (Wildman–Crippen LogP) is 7.63. The van der Waals surface area contributed by atoms with E-state index in [1.807, 2.05) is 48.5 Å². The van der Waals surface area contributed by atoms with Gasteiger partial charge in [0.2, 0.25) is 11.7 Å². The number of rotatable bonds is 4. The van der Waals surface area contributed by atoms with Crippen molar-refractivity contribution in [2.45, 2.75) is 69.2 Å². The van der Waals surface area contributed by atoms with Gasteiger partial charge >= 0.3 is 0 Å². The lowest BCUT2D eigenvalue weighted by atomic mass is 9.50. The number of carbonyl (C=O) groups is 1. The van der Waals surface area contributed by atoms with E-state index >= 15 is 0 Å². The molecular weight excluding hydrogens is 538 g/mol. The molecule has 0 atom stereocenters. The Hall–Kier alpha value is -2.71. The molecule has 0 radical (unpaired) electrons. The number of halogens is 1. The summed E-state index contributed by atoms with van der Waals surface area (Å²) in [7, 11) is 0. The van der Waals surface area contributed by atoms with Gasteiger partial charge in [0.25, 0.3) is 0 Å². The van der Waals surface area contributed by atoms with Crippen LogP contribution in [-0.4, -0.2) is 28.9 Å². The highest BCUT2D eigenvalue weighted by Crippen LogP contribution is 2.61. The molecule has 5 saturated carbocycles. The zero-order valence-corrected chi connectivity index (χ0v) is 23.9. The monoisotopic (exact) mass is 573 g/mol. The number of nitrogens with zero attached hydrogens (tertiary/aromatic N) is 1. The van der Waals surface area contributed by atoms with Crippen LogP contribution >= 0.6 is 11.6 Å². The smallest absolute Gasteiger partial charge is 0.227 e. The van der Waals surface area contributed by atoms with Gasteiger partial charge in [-0.25, -0.2) is 9.78 Å². The second-order valence-corrected chi connectivity index (χ2v) is 13.6. The van der Waals surface area contributed by atoms with Gasteiger partial charge in [-0.05, 0) is 111 Å². The average Bonchev–Trinajstić information content (AvgIpc) is 2.97. The molecule has 214 valence electrons. The number of pyridine rings is 1. The molecule has 8 heteroatoms. The van der Waals surface area contributed by atoms with Gasteiger partial charge < -0.3 is 15.4 Å². The van der Waals surface area contributed by atoms with E-state index in [0.717, 1.165) is 39.8 Å². The highest BCUT2D eigenvalue weighted by molar-refractivity contribution is 6.30. The molecule has 3 aromatic rings. The lowest BCUT2D eigenvalue weighted by molar-refractivity contribution is -0.538. The fourth-order valence-corrected chi connectivity index (χ4v) is 8.84. The van der Waals surface area contributed by atoms with E-state index in [1.165, 1.54) is 32.1 Å². The number of hydrogen-bond acceptors (Lipinski definition) is 6. The van der Waals surface area contributed by atoms with Crippen molar-refractivity contribution in [2.75, 3.05) is 17.2 Å². The van der Waals surface area contributed by atoms with Gasteiger partial charge in [-0.3, -0.25) is 9.78 Å². The normalized spacial score (nSPS) is 35.7. The molecule has 1 amide bonds. The molecule has 41 heavy (non-hydrogen) atoms. The Kier molecular flexibility index (Phi) is 6.29. The molecule has 2 aromatic carbocycles. The Labute approximate surface area is 245 Å². The SMILES string of the molecule is O=C(Nc1ccc2nccc(Nc3cccc(Cl)c3)c2c1)C1CCC2(CC1)OCC1(OO2)C2CC3CC(C2)CC1C3. The molecule has 1 saturated heterocycles. The van der Waals surface area contributed by atoms with Crippen LogP contribution in [0.25, 0.3) is 10.9 Å². The Morgan fingerprint density at radius 3 is 2.39 bits per heavy atom. The van der Waals surface area contributed by atoms with E-state index in [-0.39, 0.29) is 17.4 Å². The molecule has 2 N–H and O–H groups in total. The maximum absolute atomic E-state index is 13.3. The standard InChI is InChI=1S/C33H36ClN3O4/c34-25-2-1-3-26(17-25)36-30-8-11-35-29-5-4-27(18-28(29)30)37-31(38)22-6-9-32(10-7-22)39-19-33(41-40-32)23-13-20-12-21(15-23)16-24(33)14-20/h1-5,8,11,17-18,20-24H,6-7,9-10,12-16,19H2,(H,35,36)(H,37,38). The third-order valence-electron chi connectivity index (χ3n) is 10.7. The first-order valence-electron chi connectivity index (χ1n) is 15.2. The van der Waals surface area contributed by atoms with Crippen LogP contribution in [0.4, 0.5) is 17.1 Å². The quantitative estimate of drug-likeness (QED) is 0.312. The number of amides is 1. The maximum Gasteiger partial charge on any atom is 0.227 e. The summed E-state index contributed by atoms with van der Waals surface area (Å²) in [4.78, 5) is 30.4. The molecule has 7 nitrogen and oxygen atoms in total. The molecule has 2 spiro atoms. The minimum absolute atomic E-state index is 0.0293. The molecule has 0 unspecified atom stereocenters. The number of aromatic nitrogens is 1. The predicted molar refractivity (Wildman–Crippen MR) is 158 cm³/mol. The second kappa shape index (κ2) is 9.94. The van der Waals surface area contributed by atoms with Crippen LogP contribution in [0.2, 0.25) is 5.02 Å². The summed E-state index contributed by atoms with van der Waals surface area (Å²) in [5, 5.41) is 8.16. The van der Waals surface area contributed by atoms with E-state index in [4.69, 9.17) is 26.1 Å². The number of benzene rings is 2. The van der Waals surface area contributed by atoms with Crippen LogP contribution in [0.15, 0.2) is 54.7 Å². The first-order chi connectivity index (χ1) is 20.0. The second-order valence-electron chi connectivity index (χ2n) is 13.1. The summed E-state index contributed by atoms with van der Waals surface area (Å²) >= 11 is 6.17. The number of nitrogens with one attached hydrogen (secondary N) is 2. The number of fused-ring (bicyclic) bond motifs is 1. The number of carbonyl (C=O) groups excluding carboxylic acids is 1. The Bertz CT molecular complexity index is 1450. The third-order valence-corrected chi connectivity index (χ3v) is 10.9. The van der Waals surface area contributed by atoms with Gasteiger partial charge in [-0.1, -0.05) is 17.7 Å².